The summed E-state index contributed by atoms with van der Waals surface area (Å²) in [4.78, 5) is 9.99. The van der Waals surface area contributed by atoms with Crippen LogP contribution in [-0.4, -0.2) is 23.0 Å². The molecule has 0 heterocycles. The van der Waals surface area contributed by atoms with E-state index in [9.17, 15) is 4.79 Å². The van der Waals surface area contributed by atoms with E-state index in [4.69, 9.17) is 10.8 Å². The Hall–Kier alpha value is -0.410. The van der Waals surface area contributed by atoms with Crippen molar-refractivity contribution in [1.29, 1.82) is 0 Å². The zero-order chi connectivity index (χ0) is 6.20. The first-order valence-corrected chi connectivity index (χ1v) is 2.63. The molecule has 0 saturated heterocycles. The van der Waals surface area contributed by atoms with Crippen LogP contribution in [0.15, 0.2) is 0 Å². The van der Waals surface area contributed by atoms with E-state index >= 15 is 0 Å². The molecule has 1 aliphatic rings. The van der Waals surface area contributed by atoms with Gasteiger partial charge in [0.15, 0.2) is 6.29 Å². The second-order valence-corrected chi connectivity index (χ2v) is 2.25. The molecule has 1 saturated carbocycles. The normalized spacial score (nSPS) is 45.5. The molecule has 1 rings (SSSR count). The van der Waals surface area contributed by atoms with Gasteiger partial charge in [0.1, 0.15) is 5.60 Å². The van der Waals surface area contributed by atoms with Crippen LogP contribution in [-0.2, 0) is 4.79 Å². The summed E-state index contributed by atoms with van der Waals surface area (Å²) in [7, 11) is 0. The average Bonchev–Trinajstić information content (AvgIpc) is 1.83. The minimum absolute atomic E-state index is 0.319. The summed E-state index contributed by atoms with van der Waals surface area (Å²) in [6.07, 6.45) is 1.81. The smallest absolute Gasteiger partial charge is 0.153 e. The van der Waals surface area contributed by atoms with Crippen LogP contribution in [0, 0.1) is 0 Å². The Kier molecular flexibility index (Phi) is 1.10. The molecule has 0 aromatic heterocycles. The van der Waals surface area contributed by atoms with E-state index in [1.54, 1.807) is 0 Å². The number of aliphatic hydroxyl groups is 1. The van der Waals surface area contributed by atoms with Crippen molar-refractivity contribution in [2.45, 2.75) is 24.5 Å². The third-order valence-electron chi connectivity index (χ3n) is 1.70. The Morgan fingerprint density at radius 3 is 2.50 bits per heavy atom. The van der Waals surface area contributed by atoms with Crippen molar-refractivity contribution in [3.8, 4) is 0 Å². The first-order chi connectivity index (χ1) is 3.69. The molecule has 0 bridgehead atoms. The molecule has 3 nitrogen and oxygen atoms in total. The molecule has 0 aromatic rings. The Morgan fingerprint density at radius 1 is 1.88 bits per heavy atom. The van der Waals surface area contributed by atoms with Gasteiger partial charge in [-0.3, -0.25) is 0 Å². The van der Waals surface area contributed by atoms with E-state index in [0.717, 1.165) is 6.42 Å². The first-order valence-electron chi connectivity index (χ1n) is 2.63. The lowest BCUT2D eigenvalue weighted by atomic mass is 9.77. The minimum atomic E-state index is -1.18. The lowest BCUT2D eigenvalue weighted by molar-refractivity contribution is -0.135. The summed E-state index contributed by atoms with van der Waals surface area (Å²) >= 11 is 0. The van der Waals surface area contributed by atoms with Crippen LogP contribution in [0.2, 0.25) is 0 Å². The molecule has 2 atom stereocenters. The molecular weight excluding hydrogens is 106 g/mol. The maximum atomic E-state index is 9.99. The van der Waals surface area contributed by atoms with Crippen molar-refractivity contribution < 1.29 is 9.90 Å². The largest absolute Gasteiger partial charge is 0.381 e. The molecule has 3 heteroatoms. The van der Waals surface area contributed by atoms with Gasteiger partial charge in [-0.15, -0.1) is 0 Å². The van der Waals surface area contributed by atoms with Crippen LogP contribution >= 0.6 is 0 Å². The Labute approximate surface area is 47.5 Å². The predicted octanol–water partition coefficient (Wildman–Crippen LogP) is -0.963. The molecule has 3 N–H and O–H groups in total. The van der Waals surface area contributed by atoms with Crippen molar-refractivity contribution in [2.75, 3.05) is 0 Å². The van der Waals surface area contributed by atoms with Crippen LogP contribution in [0.5, 0.6) is 0 Å². The maximum absolute atomic E-state index is 9.99. The summed E-state index contributed by atoms with van der Waals surface area (Å²) in [5, 5.41) is 8.99. The van der Waals surface area contributed by atoms with E-state index in [1.165, 1.54) is 0 Å². The summed E-state index contributed by atoms with van der Waals surface area (Å²) < 4.78 is 0. The summed E-state index contributed by atoms with van der Waals surface area (Å²) in [5.74, 6) is 0. The zero-order valence-corrected chi connectivity index (χ0v) is 4.50. The molecule has 0 aromatic carbocycles. The van der Waals surface area contributed by atoms with E-state index in [-0.39, 0.29) is 6.04 Å². The predicted molar refractivity (Wildman–Crippen MR) is 28.2 cm³/mol. The van der Waals surface area contributed by atoms with Crippen molar-refractivity contribution in [3.05, 3.63) is 0 Å². The van der Waals surface area contributed by atoms with Crippen molar-refractivity contribution in [3.63, 3.8) is 0 Å². The Morgan fingerprint density at radius 2 is 2.50 bits per heavy atom. The van der Waals surface area contributed by atoms with Gasteiger partial charge in [-0.1, -0.05) is 0 Å². The second kappa shape index (κ2) is 1.53. The van der Waals surface area contributed by atoms with Gasteiger partial charge < -0.3 is 15.6 Å². The highest BCUT2D eigenvalue weighted by Gasteiger charge is 2.42. The number of carbonyl (C=O) groups is 1. The summed E-state index contributed by atoms with van der Waals surface area (Å²) in [5.41, 5.74) is 4.11. The average molecular weight is 115 g/mol. The van der Waals surface area contributed by atoms with Crippen LogP contribution < -0.4 is 5.73 Å². The van der Waals surface area contributed by atoms with E-state index in [2.05, 4.69) is 0 Å². The number of rotatable bonds is 1. The van der Waals surface area contributed by atoms with Gasteiger partial charge in [-0.25, -0.2) is 0 Å². The SMILES string of the molecule is NC1CCC1(O)C=O. The maximum Gasteiger partial charge on any atom is 0.153 e. The van der Waals surface area contributed by atoms with Gasteiger partial charge in [0.05, 0.1) is 0 Å². The third kappa shape index (κ3) is 0.553. The zero-order valence-electron chi connectivity index (χ0n) is 4.50. The highest BCUT2D eigenvalue weighted by Crippen LogP contribution is 2.27. The molecule has 46 valence electrons. The Bertz CT molecular complexity index is 115. The van der Waals surface area contributed by atoms with Crippen LogP contribution in [0.4, 0.5) is 0 Å². The number of carbonyl (C=O) groups excluding carboxylic acids is 1. The molecule has 2 unspecified atom stereocenters. The fourth-order valence-electron chi connectivity index (χ4n) is 0.753. The number of nitrogens with two attached hydrogens (primary N) is 1. The topological polar surface area (TPSA) is 63.3 Å². The fraction of sp³-hybridized carbons (Fsp3) is 0.800. The summed E-state index contributed by atoms with van der Waals surface area (Å²) in [6, 6.07) is -0.319. The van der Waals surface area contributed by atoms with Crippen molar-refractivity contribution in [1.82, 2.24) is 0 Å². The Balaban J connectivity index is 2.54. The molecule has 8 heavy (non-hydrogen) atoms. The lowest BCUT2D eigenvalue weighted by Crippen LogP contribution is -2.57. The molecule has 0 amide bonds. The van der Waals surface area contributed by atoms with Crippen LogP contribution in [0.3, 0.4) is 0 Å². The number of hydrogen-bond donors (Lipinski definition) is 2. The highest BCUT2D eigenvalue weighted by atomic mass is 16.3. The van der Waals surface area contributed by atoms with Gasteiger partial charge in [0.25, 0.3) is 0 Å². The monoisotopic (exact) mass is 115 g/mol. The van der Waals surface area contributed by atoms with Crippen LogP contribution in [0.1, 0.15) is 12.8 Å². The van der Waals surface area contributed by atoms with Crippen LogP contribution in [0.25, 0.3) is 0 Å². The highest BCUT2D eigenvalue weighted by molar-refractivity contribution is 5.65. The molecular formula is C5H9NO2. The van der Waals surface area contributed by atoms with Gasteiger partial charge in [-0.05, 0) is 12.8 Å². The van der Waals surface area contributed by atoms with Gasteiger partial charge in [0.2, 0.25) is 0 Å². The lowest BCUT2D eigenvalue weighted by Gasteiger charge is -2.38. The van der Waals surface area contributed by atoms with E-state index in [0.29, 0.717) is 12.7 Å². The number of aldehydes is 1. The van der Waals surface area contributed by atoms with E-state index in [1.807, 2.05) is 0 Å². The third-order valence-corrected chi connectivity index (χ3v) is 1.70. The second-order valence-electron chi connectivity index (χ2n) is 2.25. The van der Waals surface area contributed by atoms with Crippen molar-refractivity contribution >= 4 is 6.29 Å². The quantitative estimate of drug-likeness (QED) is 0.432. The minimum Gasteiger partial charge on any atom is -0.381 e. The molecule has 0 radical (unpaired) electrons. The van der Waals surface area contributed by atoms with Crippen molar-refractivity contribution in [2.24, 2.45) is 5.73 Å². The van der Waals surface area contributed by atoms with Gasteiger partial charge >= 0.3 is 0 Å². The summed E-state index contributed by atoms with van der Waals surface area (Å²) in [6.45, 7) is 0. The number of hydrogen-bond acceptors (Lipinski definition) is 3. The van der Waals surface area contributed by atoms with Gasteiger partial charge in [0, 0.05) is 6.04 Å². The molecule has 1 aliphatic carbocycles. The fourth-order valence-corrected chi connectivity index (χ4v) is 0.753. The molecule has 0 aliphatic heterocycles. The standard InChI is InChI=1S/C5H9NO2/c6-4-1-2-5(4,8)3-7/h3-4,8H,1-2,6H2. The van der Waals surface area contributed by atoms with E-state index < -0.39 is 5.60 Å². The molecule has 0 spiro atoms. The van der Waals surface area contributed by atoms with Gasteiger partial charge in [-0.2, -0.15) is 0 Å². The first kappa shape index (κ1) is 5.72. The molecule has 1 fully saturated rings.